The Balaban J connectivity index is 2.42. The summed E-state index contributed by atoms with van der Waals surface area (Å²) in [7, 11) is 0. The van der Waals surface area contributed by atoms with E-state index in [9.17, 15) is 4.79 Å². The summed E-state index contributed by atoms with van der Waals surface area (Å²) in [5.74, 6) is 0. The van der Waals surface area contributed by atoms with Crippen molar-refractivity contribution in [2.75, 3.05) is 26.4 Å². The molecular formula is C8H15NO4. The Bertz CT molecular complexity index is 177. The molecule has 0 aromatic heterocycles. The largest absolute Gasteiger partial charge is 0.465 e. The van der Waals surface area contributed by atoms with E-state index < -0.39 is 6.09 Å². The third-order valence-electron chi connectivity index (χ3n) is 2.50. The van der Waals surface area contributed by atoms with E-state index >= 15 is 0 Å². The fourth-order valence-corrected chi connectivity index (χ4v) is 1.46. The molecule has 0 atom stereocenters. The molecule has 1 aliphatic rings. The van der Waals surface area contributed by atoms with Gasteiger partial charge in [-0.25, -0.2) is 4.79 Å². The van der Waals surface area contributed by atoms with Crippen LogP contribution in [0.3, 0.4) is 0 Å². The predicted molar refractivity (Wildman–Crippen MR) is 45.6 cm³/mol. The highest BCUT2D eigenvalue weighted by molar-refractivity contribution is 5.64. The standard InChI is InChI=1S/C8H15NO4/c10-6-8(5-9-7(11)12)1-3-13-4-2-8/h9-10H,1-6H2,(H,11,12). The van der Waals surface area contributed by atoms with E-state index in [2.05, 4.69) is 5.32 Å². The molecule has 1 amide bonds. The van der Waals surface area contributed by atoms with Crippen molar-refractivity contribution in [2.24, 2.45) is 5.41 Å². The molecule has 1 aliphatic heterocycles. The number of carbonyl (C=O) groups is 1. The number of aliphatic hydroxyl groups is 1. The monoisotopic (exact) mass is 189 g/mol. The third kappa shape index (κ3) is 2.86. The van der Waals surface area contributed by atoms with Gasteiger partial charge in [-0.2, -0.15) is 0 Å². The molecule has 1 fully saturated rings. The van der Waals surface area contributed by atoms with Gasteiger partial charge in [-0.1, -0.05) is 0 Å². The Kier molecular flexibility index (Phi) is 3.50. The summed E-state index contributed by atoms with van der Waals surface area (Å²) in [4.78, 5) is 10.3. The molecule has 1 heterocycles. The van der Waals surface area contributed by atoms with Gasteiger partial charge in [-0.3, -0.25) is 0 Å². The SMILES string of the molecule is O=C(O)NCC1(CO)CCOCC1. The summed E-state index contributed by atoms with van der Waals surface area (Å²) in [5, 5.41) is 19.9. The van der Waals surface area contributed by atoms with Gasteiger partial charge in [-0.05, 0) is 12.8 Å². The smallest absolute Gasteiger partial charge is 0.404 e. The summed E-state index contributed by atoms with van der Waals surface area (Å²) < 4.78 is 5.15. The van der Waals surface area contributed by atoms with Crippen molar-refractivity contribution >= 4 is 6.09 Å². The van der Waals surface area contributed by atoms with Crippen molar-refractivity contribution in [3.63, 3.8) is 0 Å². The van der Waals surface area contributed by atoms with Gasteiger partial charge in [0.2, 0.25) is 0 Å². The number of hydrogen-bond donors (Lipinski definition) is 3. The lowest BCUT2D eigenvalue weighted by Gasteiger charge is -2.35. The first-order valence-corrected chi connectivity index (χ1v) is 4.34. The maximum absolute atomic E-state index is 10.3. The van der Waals surface area contributed by atoms with E-state index in [4.69, 9.17) is 14.9 Å². The van der Waals surface area contributed by atoms with Gasteiger partial charge >= 0.3 is 6.09 Å². The summed E-state index contributed by atoms with van der Waals surface area (Å²) in [6.45, 7) is 1.52. The average molecular weight is 189 g/mol. The Hall–Kier alpha value is -0.810. The van der Waals surface area contributed by atoms with Crippen LogP contribution in [0.1, 0.15) is 12.8 Å². The van der Waals surface area contributed by atoms with Crippen molar-refractivity contribution in [1.29, 1.82) is 0 Å². The second kappa shape index (κ2) is 4.43. The van der Waals surface area contributed by atoms with E-state index in [-0.39, 0.29) is 12.0 Å². The molecule has 3 N–H and O–H groups in total. The van der Waals surface area contributed by atoms with Crippen LogP contribution < -0.4 is 5.32 Å². The minimum atomic E-state index is -1.04. The molecular weight excluding hydrogens is 174 g/mol. The first kappa shape index (κ1) is 10.3. The van der Waals surface area contributed by atoms with Crippen molar-refractivity contribution in [3.05, 3.63) is 0 Å². The van der Waals surface area contributed by atoms with Crippen LogP contribution >= 0.6 is 0 Å². The lowest BCUT2D eigenvalue weighted by molar-refractivity contribution is -0.0146. The average Bonchev–Trinajstić information content (AvgIpc) is 2.16. The van der Waals surface area contributed by atoms with E-state index in [1.165, 1.54) is 0 Å². The van der Waals surface area contributed by atoms with Crippen LogP contribution in [0.5, 0.6) is 0 Å². The van der Waals surface area contributed by atoms with Crippen LogP contribution in [-0.2, 0) is 4.74 Å². The van der Waals surface area contributed by atoms with E-state index in [1.54, 1.807) is 0 Å². The third-order valence-corrected chi connectivity index (χ3v) is 2.50. The van der Waals surface area contributed by atoms with Gasteiger partial charge in [0.25, 0.3) is 0 Å². The van der Waals surface area contributed by atoms with Crippen LogP contribution in [0.4, 0.5) is 4.79 Å². The molecule has 1 rings (SSSR count). The molecule has 0 spiro atoms. The first-order valence-electron chi connectivity index (χ1n) is 4.34. The van der Waals surface area contributed by atoms with Gasteiger partial charge in [0, 0.05) is 25.2 Å². The summed E-state index contributed by atoms with van der Waals surface area (Å²) in [6, 6.07) is 0. The first-order chi connectivity index (χ1) is 6.18. The molecule has 5 nitrogen and oxygen atoms in total. The molecule has 0 unspecified atom stereocenters. The quantitative estimate of drug-likeness (QED) is 0.586. The van der Waals surface area contributed by atoms with E-state index in [0.717, 1.165) is 0 Å². The minimum Gasteiger partial charge on any atom is -0.465 e. The Morgan fingerprint density at radius 1 is 1.46 bits per heavy atom. The predicted octanol–water partition coefficient (Wildman–Crippen LogP) is 0.0431. The second-order valence-electron chi connectivity index (χ2n) is 3.43. The highest BCUT2D eigenvalue weighted by Gasteiger charge is 2.32. The van der Waals surface area contributed by atoms with Gasteiger partial charge in [0.1, 0.15) is 0 Å². The van der Waals surface area contributed by atoms with Gasteiger partial charge < -0.3 is 20.3 Å². The van der Waals surface area contributed by atoms with Crippen LogP contribution in [-0.4, -0.2) is 42.7 Å². The topological polar surface area (TPSA) is 78.8 Å². The molecule has 0 saturated carbocycles. The molecule has 1 saturated heterocycles. The molecule has 76 valence electrons. The van der Waals surface area contributed by atoms with Crippen LogP contribution in [0, 0.1) is 5.41 Å². The van der Waals surface area contributed by atoms with Crippen molar-refractivity contribution in [3.8, 4) is 0 Å². The van der Waals surface area contributed by atoms with Crippen molar-refractivity contribution in [1.82, 2.24) is 5.32 Å². The number of hydrogen-bond acceptors (Lipinski definition) is 3. The zero-order valence-corrected chi connectivity index (χ0v) is 7.45. The normalized spacial score (nSPS) is 21.0. The van der Waals surface area contributed by atoms with Crippen LogP contribution in [0.25, 0.3) is 0 Å². The molecule has 0 aliphatic carbocycles. The number of amides is 1. The van der Waals surface area contributed by atoms with Gasteiger partial charge in [0.15, 0.2) is 0 Å². The Morgan fingerprint density at radius 3 is 2.54 bits per heavy atom. The van der Waals surface area contributed by atoms with E-state index in [0.29, 0.717) is 32.6 Å². The lowest BCUT2D eigenvalue weighted by atomic mass is 9.81. The maximum atomic E-state index is 10.3. The number of rotatable bonds is 3. The number of aliphatic hydroxyl groups excluding tert-OH is 1. The Morgan fingerprint density at radius 2 is 2.08 bits per heavy atom. The zero-order chi connectivity index (χ0) is 9.73. The van der Waals surface area contributed by atoms with Crippen LogP contribution in [0.15, 0.2) is 0 Å². The van der Waals surface area contributed by atoms with Crippen molar-refractivity contribution in [2.45, 2.75) is 12.8 Å². The Labute approximate surface area is 76.7 Å². The van der Waals surface area contributed by atoms with E-state index in [1.807, 2.05) is 0 Å². The minimum absolute atomic E-state index is 0.0106. The summed E-state index contributed by atoms with van der Waals surface area (Å²) >= 11 is 0. The lowest BCUT2D eigenvalue weighted by Crippen LogP contribution is -2.43. The van der Waals surface area contributed by atoms with Crippen molar-refractivity contribution < 1.29 is 19.7 Å². The molecule has 0 aromatic carbocycles. The molecule has 5 heteroatoms. The summed E-state index contributed by atoms with van der Waals surface area (Å²) in [5.41, 5.74) is -0.309. The highest BCUT2D eigenvalue weighted by atomic mass is 16.5. The maximum Gasteiger partial charge on any atom is 0.404 e. The zero-order valence-electron chi connectivity index (χ0n) is 7.45. The highest BCUT2D eigenvalue weighted by Crippen LogP contribution is 2.28. The fourth-order valence-electron chi connectivity index (χ4n) is 1.46. The molecule has 0 bridgehead atoms. The molecule has 0 radical (unpaired) electrons. The number of carboxylic acid groups (broad SMARTS) is 1. The number of nitrogens with one attached hydrogen (secondary N) is 1. The molecule has 0 aromatic rings. The fraction of sp³-hybridized carbons (Fsp3) is 0.875. The summed E-state index contributed by atoms with van der Waals surface area (Å²) in [6.07, 6.45) is 0.382. The van der Waals surface area contributed by atoms with Gasteiger partial charge in [-0.15, -0.1) is 0 Å². The van der Waals surface area contributed by atoms with Gasteiger partial charge in [0.05, 0.1) is 6.61 Å². The number of ether oxygens (including phenoxy) is 1. The second-order valence-corrected chi connectivity index (χ2v) is 3.43. The van der Waals surface area contributed by atoms with Crippen LogP contribution in [0.2, 0.25) is 0 Å². The molecule has 13 heavy (non-hydrogen) atoms.